The number of carbonyl (C=O) groups excluding carboxylic acids is 1. The van der Waals surface area contributed by atoms with Gasteiger partial charge in [0.15, 0.2) is 16.6 Å². The van der Waals surface area contributed by atoms with Gasteiger partial charge in [-0.15, -0.1) is 0 Å². The maximum Gasteiger partial charge on any atom is 0.314 e. The smallest absolute Gasteiger partial charge is 0.314 e. The fraction of sp³-hybridized carbons (Fsp3) is 0.333. The number of carbonyl (C=O) groups is 1. The summed E-state index contributed by atoms with van der Waals surface area (Å²) in [5.74, 6) is 0.0709. The fourth-order valence-electron chi connectivity index (χ4n) is 1.85. The number of methoxy groups -OCH3 is 1. The van der Waals surface area contributed by atoms with E-state index in [4.69, 9.17) is 14.8 Å². The summed E-state index contributed by atoms with van der Waals surface area (Å²) in [6, 6.07) is 4.00. The molecule has 4 N–H and O–H groups in total. The van der Waals surface area contributed by atoms with Gasteiger partial charge in [0, 0.05) is 31.6 Å². The zero-order chi connectivity index (χ0) is 19.6. The first-order valence-electron chi connectivity index (χ1n) is 7.78. The molecule has 0 unspecified atom stereocenters. The highest BCUT2D eigenvalue weighted by atomic mass is 79.9. The number of hydrogen-bond acceptors (Lipinski definition) is 7. The Kier molecular flexibility index (Phi) is 8.48. The van der Waals surface area contributed by atoms with Gasteiger partial charge in [0.2, 0.25) is 0 Å². The number of ether oxygens (including phenoxy) is 1. The van der Waals surface area contributed by atoms with Crippen molar-refractivity contribution in [2.45, 2.75) is 5.03 Å². The van der Waals surface area contributed by atoms with Crippen molar-refractivity contribution < 1.29 is 18.6 Å². The molecule has 27 heavy (non-hydrogen) atoms. The third kappa shape index (κ3) is 6.81. The van der Waals surface area contributed by atoms with Crippen molar-refractivity contribution in [1.82, 2.24) is 20.9 Å². The minimum atomic E-state index is -0.398. The number of nitrogens with zero attached hydrogens (tertiary/aromatic N) is 2. The van der Waals surface area contributed by atoms with Gasteiger partial charge in [0.05, 0.1) is 11.1 Å². The summed E-state index contributed by atoms with van der Waals surface area (Å²) in [7, 11) is 1.56. The first kappa shape index (κ1) is 21.1. The predicted octanol–water partition coefficient (Wildman–Crippen LogP) is 2.45. The highest BCUT2D eigenvalue weighted by molar-refractivity contribution is 9.10. The summed E-state index contributed by atoms with van der Waals surface area (Å²) in [6.45, 7) is 1.26. The Balaban J connectivity index is 1.81. The number of amidine groups is 1. The van der Waals surface area contributed by atoms with Crippen LogP contribution in [0.2, 0.25) is 0 Å². The highest BCUT2D eigenvalue weighted by Crippen LogP contribution is 2.22. The fourth-order valence-corrected chi connectivity index (χ4v) is 2.99. The molecular formula is C15H18BrFN6O3S. The number of thioether (sulfide) groups is 1. The van der Waals surface area contributed by atoms with Crippen molar-refractivity contribution in [2.75, 3.05) is 37.9 Å². The molecule has 2 amide bonds. The Morgan fingerprint density at radius 3 is 2.89 bits per heavy atom. The number of amides is 2. The summed E-state index contributed by atoms with van der Waals surface area (Å²) in [4.78, 5) is 11.5. The maximum absolute atomic E-state index is 13.3. The Bertz CT molecular complexity index is 791. The Hall–Kier alpha value is -2.18. The van der Waals surface area contributed by atoms with Gasteiger partial charge in [-0.25, -0.2) is 13.8 Å². The average molecular weight is 461 g/mol. The van der Waals surface area contributed by atoms with Gasteiger partial charge < -0.3 is 20.7 Å². The Labute approximate surface area is 167 Å². The summed E-state index contributed by atoms with van der Waals surface area (Å²) in [6.07, 6.45) is 0. The second kappa shape index (κ2) is 10.8. The van der Waals surface area contributed by atoms with E-state index in [-0.39, 0.29) is 22.0 Å². The van der Waals surface area contributed by atoms with E-state index < -0.39 is 5.82 Å². The molecule has 0 aliphatic heterocycles. The number of hydrogen-bond donors (Lipinski definition) is 4. The van der Waals surface area contributed by atoms with E-state index in [1.165, 1.54) is 30.0 Å². The van der Waals surface area contributed by atoms with Gasteiger partial charge in [-0.05, 0) is 44.4 Å². The summed E-state index contributed by atoms with van der Waals surface area (Å²) in [5, 5.41) is 24.1. The van der Waals surface area contributed by atoms with Crippen molar-refractivity contribution in [2.24, 2.45) is 0 Å². The van der Waals surface area contributed by atoms with Gasteiger partial charge in [0.25, 0.3) is 0 Å². The summed E-state index contributed by atoms with van der Waals surface area (Å²) in [5.41, 5.74) is 0.742. The van der Waals surface area contributed by atoms with Crippen molar-refractivity contribution in [3.8, 4) is 0 Å². The second-order valence-corrected chi connectivity index (χ2v) is 7.01. The minimum absolute atomic E-state index is 0.0393. The van der Waals surface area contributed by atoms with Gasteiger partial charge in [-0.3, -0.25) is 5.41 Å². The lowest BCUT2D eigenvalue weighted by atomic mass is 10.3. The maximum atomic E-state index is 13.3. The van der Waals surface area contributed by atoms with Crippen molar-refractivity contribution >= 4 is 45.2 Å². The van der Waals surface area contributed by atoms with Crippen LogP contribution < -0.4 is 16.0 Å². The molecule has 1 heterocycles. The van der Waals surface area contributed by atoms with Crippen molar-refractivity contribution in [3.05, 3.63) is 34.2 Å². The van der Waals surface area contributed by atoms with Crippen molar-refractivity contribution in [3.63, 3.8) is 0 Å². The molecule has 0 saturated carbocycles. The third-order valence-corrected chi connectivity index (χ3v) is 4.66. The number of halogens is 2. The number of anilines is 1. The quantitative estimate of drug-likeness (QED) is 0.196. The molecule has 0 aliphatic rings. The van der Waals surface area contributed by atoms with Crippen LogP contribution in [0.25, 0.3) is 0 Å². The van der Waals surface area contributed by atoms with Crippen LogP contribution >= 0.6 is 27.7 Å². The normalized spacial score (nSPS) is 10.5. The molecular weight excluding hydrogens is 443 g/mol. The Morgan fingerprint density at radius 1 is 1.37 bits per heavy atom. The van der Waals surface area contributed by atoms with E-state index in [1.54, 1.807) is 7.11 Å². The van der Waals surface area contributed by atoms with Crippen LogP contribution in [0.3, 0.4) is 0 Å². The molecule has 0 radical (unpaired) electrons. The third-order valence-electron chi connectivity index (χ3n) is 3.10. The van der Waals surface area contributed by atoms with Crippen LogP contribution in [-0.4, -0.2) is 54.7 Å². The zero-order valence-electron chi connectivity index (χ0n) is 14.3. The number of nitrogens with one attached hydrogen (secondary N) is 4. The van der Waals surface area contributed by atoms with E-state index in [0.29, 0.717) is 36.2 Å². The molecule has 0 fully saturated rings. The molecule has 0 atom stereocenters. The molecule has 2 rings (SSSR count). The monoisotopic (exact) mass is 460 g/mol. The van der Waals surface area contributed by atoms with Gasteiger partial charge in [-0.2, -0.15) is 0 Å². The predicted molar refractivity (Wildman–Crippen MR) is 103 cm³/mol. The molecule has 0 aliphatic carbocycles. The van der Waals surface area contributed by atoms with Gasteiger partial charge in [0.1, 0.15) is 5.82 Å². The first-order valence-corrected chi connectivity index (χ1v) is 9.56. The molecule has 0 bridgehead atoms. The average Bonchev–Trinajstić information content (AvgIpc) is 3.11. The lowest BCUT2D eigenvalue weighted by Crippen LogP contribution is -2.38. The topological polar surface area (TPSA) is 125 Å². The molecule has 0 spiro atoms. The lowest BCUT2D eigenvalue weighted by Gasteiger charge is -2.08. The highest BCUT2D eigenvalue weighted by Gasteiger charge is 2.16. The van der Waals surface area contributed by atoms with Crippen LogP contribution in [0.1, 0.15) is 5.69 Å². The molecule has 9 nitrogen and oxygen atoms in total. The zero-order valence-corrected chi connectivity index (χ0v) is 16.7. The number of benzene rings is 1. The van der Waals surface area contributed by atoms with Gasteiger partial charge in [-0.1, -0.05) is 11.8 Å². The molecule has 0 saturated heterocycles. The minimum Gasteiger partial charge on any atom is -0.383 e. The van der Waals surface area contributed by atoms with E-state index in [9.17, 15) is 9.18 Å². The Morgan fingerprint density at radius 2 is 2.15 bits per heavy atom. The largest absolute Gasteiger partial charge is 0.383 e. The van der Waals surface area contributed by atoms with E-state index >= 15 is 0 Å². The van der Waals surface area contributed by atoms with Crippen LogP contribution in [0.4, 0.5) is 14.9 Å². The number of urea groups is 1. The van der Waals surface area contributed by atoms with Crippen LogP contribution in [0, 0.1) is 11.2 Å². The lowest BCUT2D eigenvalue weighted by molar-refractivity contribution is 0.196. The van der Waals surface area contributed by atoms with Crippen LogP contribution in [-0.2, 0) is 4.74 Å². The van der Waals surface area contributed by atoms with Crippen LogP contribution in [0.15, 0.2) is 32.3 Å². The number of aromatic nitrogens is 2. The number of rotatable bonds is 9. The van der Waals surface area contributed by atoms with E-state index in [1.807, 2.05) is 0 Å². The van der Waals surface area contributed by atoms with E-state index in [2.05, 4.69) is 42.2 Å². The SMILES string of the molecule is COCCNC(=O)NCCSc1nonc1C(=N)Nc1ccc(F)c(Br)c1. The molecule has 12 heteroatoms. The van der Waals surface area contributed by atoms with E-state index in [0.717, 1.165) is 0 Å². The first-order chi connectivity index (χ1) is 13.0. The van der Waals surface area contributed by atoms with Gasteiger partial charge >= 0.3 is 6.03 Å². The van der Waals surface area contributed by atoms with Crippen molar-refractivity contribution in [1.29, 1.82) is 5.41 Å². The summed E-state index contributed by atoms with van der Waals surface area (Å²) < 4.78 is 23.1. The second-order valence-electron chi connectivity index (χ2n) is 5.07. The molecule has 1 aromatic heterocycles. The van der Waals surface area contributed by atoms with Crippen LogP contribution in [0.5, 0.6) is 0 Å². The molecule has 2 aromatic rings. The molecule has 146 valence electrons. The standard InChI is InChI=1S/C15H18BrFN6O3S/c1-25-6-4-19-15(24)20-5-7-27-14-12(22-26-23-14)13(18)21-9-2-3-11(17)10(16)8-9/h2-3,8H,4-7H2,1H3,(H2,18,21)(H2,19,20,24). The summed E-state index contributed by atoms with van der Waals surface area (Å²) >= 11 is 4.37. The molecule has 1 aromatic carbocycles.